The standard InChI is InChI=1S/C31H23N5/c1-19-8-4-5-9-24(19)23-13-15-26-25-10-6-7-11-28(25)36(30(26)17-23)29-16-22(18-32)12-14-27(29)31-34-20(2)33-21(3)35-31/h4-17H,1-3H3. The lowest BCUT2D eigenvalue weighted by molar-refractivity contribution is 0.926. The summed E-state index contributed by atoms with van der Waals surface area (Å²) in [6, 6.07) is 31.4. The Bertz CT molecular complexity index is 1820. The lowest BCUT2D eigenvalue weighted by Crippen LogP contribution is -2.03. The van der Waals surface area contributed by atoms with Crippen molar-refractivity contribution in [2.24, 2.45) is 0 Å². The average Bonchev–Trinajstić information content (AvgIpc) is 3.21. The Morgan fingerprint density at radius 1 is 0.667 bits per heavy atom. The molecule has 0 fully saturated rings. The number of nitriles is 1. The van der Waals surface area contributed by atoms with Crippen molar-refractivity contribution in [2.75, 3.05) is 0 Å². The Labute approximate surface area is 209 Å². The molecule has 0 atom stereocenters. The Morgan fingerprint density at radius 2 is 1.39 bits per heavy atom. The third-order valence-corrected chi connectivity index (χ3v) is 6.60. The Kier molecular flexibility index (Phi) is 5.09. The van der Waals surface area contributed by atoms with Crippen LogP contribution in [0.4, 0.5) is 0 Å². The number of aromatic nitrogens is 4. The summed E-state index contributed by atoms with van der Waals surface area (Å²) in [6.45, 7) is 5.88. The molecule has 0 saturated carbocycles. The number of aryl methyl sites for hydroxylation is 3. The van der Waals surface area contributed by atoms with Gasteiger partial charge in [-0.2, -0.15) is 5.26 Å². The van der Waals surface area contributed by atoms with Gasteiger partial charge in [-0.25, -0.2) is 15.0 Å². The van der Waals surface area contributed by atoms with Crippen LogP contribution in [0.2, 0.25) is 0 Å². The van der Waals surface area contributed by atoms with Crippen LogP contribution in [-0.2, 0) is 0 Å². The second kappa shape index (κ2) is 8.44. The van der Waals surface area contributed by atoms with Crippen LogP contribution in [0.25, 0.3) is 50.0 Å². The lowest BCUT2D eigenvalue weighted by atomic mass is 9.99. The second-order valence-corrected chi connectivity index (χ2v) is 9.00. The molecule has 0 aliphatic rings. The Balaban J connectivity index is 1.73. The maximum Gasteiger partial charge on any atom is 0.165 e. The van der Waals surface area contributed by atoms with Gasteiger partial charge in [0.15, 0.2) is 5.82 Å². The van der Waals surface area contributed by atoms with Gasteiger partial charge in [-0.1, -0.05) is 54.6 Å². The summed E-state index contributed by atoms with van der Waals surface area (Å²) in [4.78, 5) is 13.7. The van der Waals surface area contributed by atoms with Gasteiger partial charge in [-0.3, -0.25) is 0 Å². The third kappa shape index (κ3) is 3.52. The molecule has 0 aliphatic carbocycles. The van der Waals surface area contributed by atoms with E-state index in [4.69, 9.17) is 0 Å². The SMILES string of the molecule is Cc1nc(C)nc(-c2ccc(C#N)cc2-n2c3ccccc3c3ccc(-c4ccccc4C)cc32)n1. The fraction of sp³-hybridized carbons (Fsp3) is 0.0968. The van der Waals surface area contributed by atoms with Crippen molar-refractivity contribution in [3.8, 4) is 34.3 Å². The van der Waals surface area contributed by atoms with E-state index in [1.54, 1.807) is 0 Å². The molecular weight excluding hydrogens is 442 g/mol. The van der Waals surface area contributed by atoms with Crippen molar-refractivity contribution in [3.05, 3.63) is 108 Å². The summed E-state index contributed by atoms with van der Waals surface area (Å²) in [6.07, 6.45) is 0. The smallest absolute Gasteiger partial charge is 0.165 e. The fourth-order valence-corrected chi connectivity index (χ4v) is 5.01. The zero-order valence-corrected chi connectivity index (χ0v) is 20.3. The highest BCUT2D eigenvalue weighted by atomic mass is 15.0. The van der Waals surface area contributed by atoms with E-state index in [1.807, 2.05) is 38.1 Å². The number of nitrogens with zero attached hydrogens (tertiary/aromatic N) is 5. The van der Waals surface area contributed by atoms with Gasteiger partial charge in [-0.05, 0) is 67.8 Å². The predicted molar refractivity (Wildman–Crippen MR) is 144 cm³/mol. The summed E-state index contributed by atoms with van der Waals surface area (Å²) in [7, 11) is 0. The van der Waals surface area contributed by atoms with Crippen LogP contribution in [-0.4, -0.2) is 19.5 Å². The minimum atomic E-state index is 0.581. The first-order chi connectivity index (χ1) is 17.5. The Hall–Kier alpha value is -4.82. The van der Waals surface area contributed by atoms with E-state index in [0.717, 1.165) is 38.6 Å². The van der Waals surface area contributed by atoms with Gasteiger partial charge in [0.1, 0.15) is 11.6 Å². The molecule has 6 aromatic rings. The number of benzene rings is 4. The maximum absolute atomic E-state index is 9.76. The summed E-state index contributed by atoms with van der Waals surface area (Å²) in [5.74, 6) is 1.93. The van der Waals surface area contributed by atoms with Gasteiger partial charge in [-0.15, -0.1) is 0 Å². The molecule has 5 nitrogen and oxygen atoms in total. The molecule has 2 heterocycles. The summed E-state index contributed by atoms with van der Waals surface area (Å²) in [5, 5.41) is 12.1. The van der Waals surface area contributed by atoms with Crippen molar-refractivity contribution in [3.63, 3.8) is 0 Å². The highest BCUT2D eigenvalue weighted by Crippen LogP contribution is 2.38. The summed E-state index contributed by atoms with van der Waals surface area (Å²) < 4.78 is 2.23. The zero-order valence-electron chi connectivity index (χ0n) is 20.3. The topological polar surface area (TPSA) is 67.4 Å². The van der Waals surface area contributed by atoms with Crippen molar-refractivity contribution >= 4 is 21.8 Å². The van der Waals surface area contributed by atoms with Crippen LogP contribution in [0.15, 0.2) is 84.9 Å². The molecule has 4 aromatic carbocycles. The van der Waals surface area contributed by atoms with Crippen LogP contribution >= 0.6 is 0 Å². The van der Waals surface area contributed by atoms with E-state index in [1.165, 1.54) is 11.1 Å². The molecule has 172 valence electrons. The van der Waals surface area contributed by atoms with E-state index in [2.05, 4.69) is 93.2 Å². The van der Waals surface area contributed by atoms with Gasteiger partial charge in [0.2, 0.25) is 0 Å². The predicted octanol–water partition coefficient (Wildman–Crippen LogP) is 7.10. The minimum absolute atomic E-state index is 0.581. The average molecular weight is 466 g/mol. The molecule has 2 aromatic heterocycles. The maximum atomic E-state index is 9.76. The second-order valence-electron chi connectivity index (χ2n) is 9.00. The van der Waals surface area contributed by atoms with E-state index in [9.17, 15) is 5.26 Å². The summed E-state index contributed by atoms with van der Waals surface area (Å²) in [5.41, 5.74) is 8.00. The van der Waals surface area contributed by atoms with E-state index >= 15 is 0 Å². The lowest BCUT2D eigenvalue weighted by Gasteiger charge is -2.15. The highest BCUT2D eigenvalue weighted by molar-refractivity contribution is 6.10. The molecule has 36 heavy (non-hydrogen) atoms. The number of fused-ring (bicyclic) bond motifs is 3. The van der Waals surface area contributed by atoms with Gasteiger partial charge < -0.3 is 4.57 Å². The van der Waals surface area contributed by atoms with Crippen LogP contribution in [0, 0.1) is 32.1 Å². The first-order valence-corrected chi connectivity index (χ1v) is 11.9. The molecule has 0 spiro atoms. The molecule has 5 heteroatoms. The molecule has 0 N–H and O–H groups in total. The monoisotopic (exact) mass is 465 g/mol. The Morgan fingerprint density at radius 3 is 2.17 bits per heavy atom. The van der Waals surface area contributed by atoms with Crippen molar-refractivity contribution in [1.29, 1.82) is 5.26 Å². The molecule has 6 rings (SSSR count). The molecule has 0 radical (unpaired) electrons. The number of hydrogen-bond acceptors (Lipinski definition) is 4. The van der Waals surface area contributed by atoms with Crippen molar-refractivity contribution in [2.45, 2.75) is 20.8 Å². The van der Waals surface area contributed by atoms with Crippen LogP contribution in [0.1, 0.15) is 22.8 Å². The minimum Gasteiger partial charge on any atom is -0.308 e. The first kappa shape index (κ1) is 21.7. The van der Waals surface area contributed by atoms with Crippen molar-refractivity contribution in [1.82, 2.24) is 19.5 Å². The van der Waals surface area contributed by atoms with Gasteiger partial charge in [0, 0.05) is 16.3 Å². The zero-order chi connectivity index (χ0) is 24.8. The fourth-order valence-electron chi connectivity index (χ4n) is 5.01. The normalized spacial score (nSPS) is 11.2. The first-order valence-electron chi connectivity index (χ1n) is 11.9. The van der Waals surface area contributed by atoms with Gasteiger partial charge >= 0.3 is 0 Å². The van der Waals surface area contributed by atoms with E-state index in [-0.39, 0.29) is 0 Å². The van der Waals surface area contributed by atoms with Crippen LogP contribution < -0.4 is 0 Å². The molecule has 0 bridgehead atoms. The van der Waals surface area contributed by atoms with E-state index in [0.29, 0.717) is 23.0 Å². The van der Waals surface area contributed by atoms with Gasteiger partial charge in [0.05, 0.1) is 28.4 Å². The highest BCUT2D eigenvalue weighted by Gasteiger charge is 2.19. The summed E-state index contributed by atoms with van der Waals surface area (Å²) >= 11 is 0. The molecule has 0 amide bonds. The number of rotatable bonds is 3. The van der Waals surface area contributed by atoms with Crippen LogP contribution in [0.5, 0.6) is 0 Å². The number of para-hydroxylation sites is 1. The molecule has 0 aliphatic heterocycles. The largest absolute Gasteiger partial charge is 0.308 e. The van der Waals surface area contributed by atoms with Gasteiger partial charge in [0.25, 0.3) is 0 Å². The van der Waals surface area contributed by atoms with Crippen LogP contribution in [0.3, 0.4) is 0 Å². The van der Waals surface area contributed by atoms with Crippen molar-refractivity contribution < 1.29 is 0 Å². The number of hydrogen-bond donors (Lipinski definition) is 0. The molecule has 0 unspecified atom stereocenters. The third-order valence-electron chi connectivity index (χ3n) is 6.60. The molecule has 0 saturated heterocycles. The quantitative estimate of drug-likeness (QED) is 0.280. The molecular formula is C31H23N5. The van der Waals surface area contributed by atoms with E-state index < -0.39 is 0 Å².